The van der Waals surface area contributed by atoms with Gasteiger partial charge in [0.15, 0.2) is 0 Å². The highest BCUT2D eigenvalue weighted by molar-refractivity contribution is 5.94. The minimum absolute atomic E-state index is 0.0184. The monoisotopic (exact) mass is 303 g/mol. The van der Waals surface area contributed by atoms with E-state index >= 15 is 0 Å². The summed E-state index contributed by atoms with van der Waals surface area (Å²) in [7, 11) is 0. The van der Waals surface area contributed by atoms with Crippen molar-refractivity contribution in [2.45, 2.75) is 31.7 Å². The molecule has 3 rings (SSSR count). The first-order valence-corrected chi connectivity index (χ1v) is 7.76. The second-order valence-corrected chi connectivity index (χ2v) is 5.86. The Bertz CT molecular complexity index is 558. The fourth-order valence-electron chi connectivity index (χ4n) is 3.06. The van der Waals surface area contributed by atoms with Gasteiger partial charge in [-0.15, -0.1) is 0 Å². The SMILES string of the molecule is NC1CCCC1C(=O)Nc1ccc(N2CCCOC2=O)cc1. The zero-order valence-corrected chi connectivity index (χ0v) is 12.5. The van der Waals surface area contributed by atoms with Crippen molar-refractivity contribution in [2.24, 2.45) is 11.7 Å². The molecular weight excluding hydrogens is 282 g/mol. The molecule has 0 aromatic heterocycles. The van der Waals surface area contributed by atoms with E-state index < -0.39 is 0 Å². The summed E-state index contributed by atoms with van der Waals surface area (Å²) >= 11 is 0. The Kier molecular flexibility index (Phi) is 4.29. The third-order valence-electron chi connectivity index (χ3n) is 4.32. The van der Waals surface area contributed by atoms with Crippen LogP contribution in [-0.2, 0) is 9.53 Å². The summed E-state index contributed by atoms with van der Waals surface area (Å²) in [6, 6.07) is 7.20. The number of nitrogens with two attached hydrogens (primary N) is 1. The van der Waals surface area contributed by atoms with Crippen LogP contribution in [0.25, 0.3) is 0 Å². The van der Waals surface area contributed by atoms with E-state index in [-0.39, 0.29) is 24.0 Å². The Morgan fingerprint density at radius 2 is 2.00 bits per heavy atom. The molecule has 1 aliphatic carbocycles. The third-order valence-corrected chi connectivity index (χ3v) is 4.32. The fourth-order valence-corrected chi connectivity index (χ4v) is 3.06. The second kappa shape index (κ2) is 6.36. The zero-order chi connectivity index (χ0) is 15.5. The van der Waals surface area contributed by atoms with Crippen molar-refractivity contribution in [3.63, 3.8) is 0 Å². The quantitative estimate of drug-likeness (QED) is 0.895. The molecule has 6 nitrogen and oxygen atoms in total. The van der Waals surface area contributed by atoms with Gasteiger partial charge in [0.05, 0.1) is 12.5 Å². The summed E-state index contributed by atoms with van der Waals surface area (Å²) in [5.74, 6) is -0.119. The van der Waals surface area contributed by atoms with E-state index in [4.69, 9.17) is 10.5 Å². The minimum Gasteiger partial charge on any atom is -0.449 e. The third kappa shape index (κ3) is 3.06. The molecule has 0 bridgehead atoms. The Labute approximate surface area is 129 Å². The number of anilines is 2. The van der Waals surface area contributed by atoms with Crippen molar-refractivity contribution >= 4 is 23.4 Å². The number of cyclic esters (lactones) is 1. The lowest BCUT2D eigenvalue weighted by Crippen LogP contribution is -2.37. The molecule has 6 heteroatoms. The van der Waals surface area contributed by atoms with E-state index in [2.05, 4.69) is 5.32 Å². The molecule has 1 saturated carbocycles. The summed E-state index contributed by atoms with van der Waals surface area (Å²) in [5, 5.41) is 2.90. The van der Waals surface area contributed by atoms with Crippen molar-refractivity contribution in [1.29, 1.82) is 0 Å². The predicted molar refractivity (Wildman–Crippen MR) is 83.7 cm³/mol. The lowest BCUT2D eigenvalue weighted by molar-refractivity contribution is -0.120. The Balaban J connectivity index is 1.64. The molecule has 0 radical (unpaired) electrons. The van der Waals surface area contributed by atoms with Gasteiger partial charge in [0.1, 0.15) is 0 Å². The van der Waals surface area contributed by atoms with Crippen LogP contribution in [0, 0.1) is 5.92 Å². The average molecular weight is 303 g/mol. The largest absolute Gasteiger partial charge is 0.449 e. The van der Waals surface area contributed by atoms with Gasteiger partial charge in [0.2, 0.25) is 5.91 Å². The maximum Gasteiger partial charge on any atom is 0.414 e. The number of nitrogens with zero attached hydrogens (tertiary/aromatic N) is 1. The smallest absolute Gasteiger partial charge is 0.414 e. The van der Waals surface area contributed by atoms with Crippen molar-refractivity contribution in [3.05, 3.63) is 24.3 Å². The number of benzene rings is 1. The van der Waals surface area contributed by atoms with E-state index in [1.807, 2.05) is 12.1 Å². The van der Waals surface area contributed by atoms with Crippen LogP contribution in [0.15, 0.2) is 24.3 Å². The van der Waals surface area contributed by atoms with Crippen LogP contribution in [0.1, 0.15) is 25.7 Å². The van der Waals surface area contributed by atoms with Crippen LogP contribution in [0.5, 0.6) is 0 Å². The van der Waals surface area contributed by atoms with Crippen LogP contribution in [0.4, 0.5) is 16.2 Å². The number of ether oxygens (including phenoxy) is 1. The summed E-state index contributed by atoms with van der Waals surface area (Å²) in [6.45, 7) is 1.13. The van der Waals surface area contributed by atoms with Gasteiger partial charge in [-0.1, -0.05) is 6.42 Å². The molecule has 2 fully saturated rings. The number of hydrogen-bond acceptors (Lipinski definition) is 4. The highest BCUT2D eigenvalue weighted by Crippen LogP contribution is 2.26. The molecular formula is C16H21N3O3. The van der Waals surface area contributed by atoms with Gasteiger partial charge in [0.25, 0.3) is 0 Å². The van der Waals surface area contributed by atoms with Gasteiger partial charge in [-0.3, -0.25) is 9.69 Å². The number of hydrogen-bond donors (Lipinski definition) is 2. The molecule has 1 aromatic rings. The van der Waals surface area contributed by atoms with Gasteiger partial charge in [-0.05, 0) is 43.5 Å². The number of carbonyl (C=O) groups excluding carboxylic acids is 2. The summed E-state index contributed by atoms with van der Waals surface area (Å²) in [4.78, 5) is 25.5. The van der Waals surface area contributed by atoms with Crippen LogP contribution < -0.4 is 16.0 Å². The molecule has 2 atom stereocenters. The predicted octanol–water partition coefficient (Wildman–Crippen LogP) is 2.10. The summed E-state index contributed by atoms with van der Waals surface area (Å²) < 4.78 is 5.02. The first kappa shape index (κ1) is 14.8. The standard InChI is InChI=1S/C16H21N3O3/c17-14-4-1-3-13(14)15(20)18-11-5-7-12(8-6-11)19-9-2-10-22-16(19)21/h5-8,13-14H,1-4,9-10,17H2,(H,18,20). The van der Waals surface area contributed by atoms with Crippen molar-refractivity contribution in [2.75, 3.05) is 23.4 Å². The zero-order valence-electron chi connectivity index (χ0n) is 12.5. The normalized spacial score (nSPS) is 25.0. The molecule has 1 heterocycles. The van der Waals surface area contributed by atoms with Gasteiger partial charge < -0.3 is 15.8 Å². The molecule has 1 aromatic carbocycles. The lowest BCUT2D eigenvalue weighted by Gasteiger charge is -2.26. The van der Waals surface area contributed by atoms with Crippen molar-refractivity contribution in [3.8, 4) is 0 Å². The minimum atomic E-state index is -0.319. The van der Waals surface area contributed by atoms with Crippen LogP contribution in [0.3, 0.4) is 0 Å². The molecule has 2 unspecified atom stereocenters. The van der Waals surface area contributed by atoms with Crippen LogP contribution in [-0.4, -0.2) is 31.2 Å². The molecule has 118 valence electrons. The number of rotatable bonds is 3. The van der Waals surface area contributed by atoms with Gasteiger partial charge in [-0.25, -0.2) is 4.79 Å². The van der Waals surface area contributed by atoms with Crippen LogP contribution in [0.2, 0.25) is 0 Å². The molecule has 2 amide bonds. The average Bonchev–Trinajstić information content (AvgIpc) is 2.95. The molecule has 1 aliphatic heterocycles. The maximum atomic E-state index is 12.2. The van der Waals surface area contributed by atoms with E-state index in [9.17, 15) is 9.59 Å². The highest BCUT2D eigenvalue weighted by atomic mass is 16.6. The molecule has 22 heavy (non-hydrogen) atoms. The van der Waals surface area contributed by atoms with E-state index in [0.717, 1.165) is 37.1 Å². The second-order valence-electron chi connectivity index (χ2n) is 5.86. The van der Waals surface area contributed by atoms with Gasteiger partial charge >= 0.3 is 6.09 Å². The molecule has 3 N–H and O–H groups in total. The van der Waals surface area contributed by atoms with Crippen LogP contribution >= 0.6 is 0 Å². The van der Waals surface area contributed by atoms with Gasteiger partial charge in [-0.2, -0.15) is 0 Å². The van der Waals surface area contributed by atoms with E-state index in [0.29, 0.717) is 13.2 Å². The van der Waals surface area contributed by atoms with Crippen molar-refractivity contribution in [1.82, 2.24) is 0 Å². The number of nitrogens with one attached hydrogen (secondary N) is 1. The highest BCUT2D eigenvalue weighted by Gasteiger charge is 2.30. The van der Waals surface area contributed by atoms with E-state index in [1.165, 1.54) is 0 Å². The molecule has 1 saturated heterocycles. The number of carbonyl (C=O) groups is 2. The topological polar surface area (TPSA) is 84.7 Å². The first-order chi connectivity index (χ1) is 10.6. The molecule has 0 spiro atoms. The maximum absolute atomic E-state index is 12.2. The van der Waals surface area contributed by atoms with Crippen molar-refractivity contribution < 1.29 is 14.3 Å². The summed E-state index contributed by atoms with van der Waals surface area (Å²) in [5.41, 5.74) is 7.45. The summed E-state index contributed by atoms with van der Waals surface area (Å²) in [6.07, 6.45) is 3.28. The Morgan fingerprint density at radius 1 is 1.23 bits per heavy atom. The molecule has 2 aliphatic rings. The Morgan fingerprint density at radius 3 is 2.64 bits per heavy atom. The number of amides is 2. The first-order valence-electron chi connectivity index (χ1n) is 7.76. The lowest BCUT2D eigenvalue weighted by atomic mass is 10.0. The van der Waals surface area contributed by atoms with E-state index in [1.54, 1.807) is 17.0 Å². The van der Waals surface area contributed by atoms with Gasteiger partial charge in [0, 0.05) is 24.0 Å². The fraction of sp³-hybridized carbons (Fsp3) is 0.500. The Hall–Kier alpha value is -2.08.